The topological polar surface area (TPSA) is 47.6 Å². The van der Waals surface area contributed by atoms with Gasteiger partial charge in [-0.15, -0.1) is 48.3 Å². The molecule has 1 aliphatic rings. The van der Waals surface area contributed by atoms with Gasteiger partial charge in [-0.3, -0.25) is 4.90 Å². The summed E-state index contributed by atoms with van der Waals surface area (Å²) in [6, 6.07) is 12.7. The minimum atomic E-state index is 0. The number of rotatable bonds is 8. The van der Waals surface area contributed by atoms with E-state index in [1.165, 1.54) is 61.5 Å². The van der Waals surface area contributed by atoms with Gasteiger partial charge < -0.3 is 5.48 Å². The third kappa shape index (κ3) is 8.37. The van der Waals surface area contributed by atoms with Crippen LogP contribution in [0.3, 0.4) is 0 Å². The first-order chi connectivity index (χ1) is 10.9. The standard InChI is InChI=1S/C18H24N2S2.2ClH.H2O/c1(5-11-20-12-14-21-15-20)2-6-13-22-18-10-9-16-7-3-4-8-17(16)19-18;;;/h3-4,7-10H,1-2,5-6,11-15H2;2*1H;1H2. The molecule has 0 unspecified atom stereocenters. The highest BCUT2D eigenvalue weighted by atomic mass is 35.5. The summed E-state index contributed by atoms with van der Waals surface area (Å²) in [6.07, 6.45) is 5.38. The molecule has 3 rings (SSSR count). The molecule has 142 valence electrons. The lowest BCUT2D eigenvalue weighted by Gasteiger charge is -2.12. The lowest BCUT2D eigenvalue weighted by Crippen LogP contribution is -2.20. The first-order valence-corrected chi connectivity index (χ1v) is 10.3. The number of para-hydroxylation sites is 1. The lowest BCUT2D eigenvalue weighted by molar-refractivity contribution is 0.344. The van der Waals surface area contributed by atoms with Crippen molar-refractivity contribution >= 4 is 59.2 Å². The number of hydrogen-bond donors (Lipinski definition) is 0. The fraction of sp³-hybridized carbons (Fsp3) is 0.500. The number of aromatic nitrogens is 1. The van der Waals surface area contributed by atoms with Crippen molar-refractivity contribution in [3.63, 3.8) is 0 Å². The molecule has 0 amide bonds. The smallest absolute Gasteiger partial charge is 0.0967 e. The van der Waals surface area contributed by atoms with Crippen LogP contribution in [0.5, 0.6) is 0 Å². The van der Waals surface area contributed by atoms with E-state index in [9.17, 15) is 0 Å². The third-order valence-corrected chi connectivity index (χ3v) is 6.05. The normalized spacial score (nSPS) is 13.8. The van der Waals surface area contributed by atoms with Crippen molar-refractivity contribution in [2.75, 3.05) is 30.5 Å². The van der Waals surface area contributed by atoms with E-state index in [0.29, 0.717) is 0 Å². The molecular formula is C18H28Cl2N2OS2. The molecule has 1 saturated heterocycles. The van der Waals surface area contributed by atoms with Gasteiger partial charge >= 0.3 is 0 Å². The Morgan fingerprint density at radius 2 is 1.80 bits per heavy atom. The number of pyridine rings is 1. The number of fused-ring (bicyclic) bond motifs is 1. The van der Waals surface area contributed by atoms with E-state index in [1.54, 1.807) is 0 Å². The zero-order chi connectivity index (χ0) is 15.0. The Balaban J connectivity index is 0.00000192. The van der Waals surface area contributed by atoms with Crippen molar-refractivity contribution in [1.29, 1.82) is 0 Å². The average molecular weight is 423 g/mol. The van der Waals surface area contributed by atoms with Crippen LogP contribution in [0.1, 0.15) is 25.7 Å². The van der Waals surface area contributed by atoms with Gasteiger partial charge in [0.05, 0.1) is 10.5 Å². The van der Waals surface area contributed by atoms with E-state index in [0.717, 1.165) is 10.5 Å². The number of thioether (sulfide) groups is 2. The van der Waals surface area contributed by atoms with Gasteiger partial charge in [0.2, 0.25) is 0 Å². The number of nitrogens with zero attached hydrogens (tertiary/aromatic N) is 2. The van der Waals surface area contributed by atoms with E-state index in [-0.39, 0.29) is 30.3 Å². The number of unbranched alkanes of at least 4 members (excludes halogenated alkanes) is 3. The van der Waals surface area contributed by atoms with Gasteiger partial charge in [0.1, 0.15) is 0 Å². The highest BCUT2D eigenvalue weighted by Gasteiger charge is 2.10. The molecule has 0 aliphatic carbocycles. The summed E-state index contributed by atoms with van der Waals surface area (Å²) < 4.78 is 0. The molecule has 2 aromatic rings. The third-order valence-electron chi connectivity index (χ3n) is 4.02. The van der Waals surface area contributed by atoms with Crippen molar-refractivity contribution < 1.29 is 5.48 Å². The second kappa shape index (κ2) is 14.0. The maximum absolute atomic E-state index is 4.72. The van der Waals surface area contributed by atoms with Crippen LogP contribution in [-0.2, 0) is 0 Å². The van der Waals surface area contributed by atoms with Crippen LogP contribution in [-0.4, -0.2) is 45.8 Å². The quantitative estimate of drug-likeness (QED) is 0.447. The number of hydrogen-bond acceptors (Lipinski definition) is 4. The summed E-state index contributed by atoms with van der Waals surface area (Å²) in [5, 5.41) is 2.39. The molecule has 2 heterocycles. The largest absolute Gasteiger partial charge is 0.412 e. The van der Waals surface area contributed by atoms with E-state index in [2.05, 4.69) is 53.1 Å². The Kier molecular flexibility index (Phi) is 13.9. The zero-order valence-electron chi connectivity index (χ0n) is 14.4. The van der Waals surface area contributed by atoms with Gasteiger partial charge in [-0.05, 0) is 37.3 Å². The number of halogens is 2. The van der Waals surface area contributed by atoms with Crippen LogP contribution in [0.4, 0.5) is 0 Å². The van der Waals surface area contributed by atoms with E-state index in [4.69, 9.17) is 4.98 Å². The van der Waals surface area contributed by atoms with Crippen molar-refractivity contribution in [3.8, 4) is 0 Å². The molecule has 1 aromatic carbocycles. The molecular weight excluding hydrogens is 395 g/mol. The van der Waals surface area contributed by atoms with Gasteiger partial charge in [-0.1, -0.05) is 37.1 Å². The molecule has 1 fully saturated rings. The molecule has 25 heavy (non-hydrogen) atoms. The molecule has 0 bridgehead atoms. The highest BCUT2D eigenvalue weighted by molar-refractivity contribution is 7.99. The Morgan fingerprint density at radius 3 is 2.60 bits per heavy atom. The molecule has 1 aromatic heterocycles. The monoisotopic (exact) mass is 422 g/mol. The fourth-order valence-corrected chi connectivity index (χ4v) is 4.64. The summed E-state index contributed by atoms with van der Waals surface area (Å²) in [4.78, 5) is 7.30. The molecule has 0 atom stereocenters. The molecule has 1 aliphatic heterocycles. The summed E-state index contributed by atoms with van der Waals surface area (Å²) in [5.74, 6) is 3.77. The minimum absolute atomic E-state index is 0. The van der Waals surface area contributed by atoms with E-state index < -0.39 is 0 Å². The van der Waals surface area contributed by atoms with Crippen molar-refractivity contribution in [2.45, 2.75) is 30.7 Å². The van der Waals surface area contributed by atoms with Crippen LogP contribution in [0, 0.1) is 0 Å². The molecule has 0 saturated carbocycles. The van der Waals surface area contributed by atoms with Crippen molar-refractivity contribution in [1.82, 2.24) is 9.88 Å². The summed E-state index contributed by atoms with van der Waals surface area (Å²) >= 11 is 3.96. The minimum Gasteiger partial charge on any atom is -0.412 e. The SMILES string of the molecule is Cl.Cl.O.c1ccc2nc(SCCCCCCN3CCSC3)ccc2c1. The Bertz CT molecular complexity index is 598. The highest BCUT2D eigenvalue weighted by Crippen LogP contribution is 2.21. The molecule has 3 nitrogen and oxygen atoms in total. The van der Waals surface area contributed by atoms with Crippen LogP contribution < -0.4 is 0 Å². The van der Waals surface area contributed by atoms with Crippen LogP contribution >= 0.6 is 48.3 Å². The second-order valence-corrected chi connectivity index (χ2v) is 7.95. The van der Waals surface area contributed by atoms with Gasteiger partial charge in [0.25, 0.3) is 0 Å². The first kappa shape index (κ1) is 24.8. The lowest BCUT2D eigenvalue weighted by atomic mass is 10.2. The molecule has 2 N–H and O–H groups in total. The van der Waals surface area contributed by atoms with Gasteiger partial charge in [0, 0.05) is 23.6 Å². The van der Waals surface area contributed by atoms with Gasteiger partial charge in [0.15, 0.2) is 0 Å². The van der Waals surface area contributed by atoms with Gasteiger partial charge in [-0.2, -0.15) is 0 Å². The predicted octanol–water partition coefficient (Wildman–Crippen LogP) is 4.91. The Labute approximate surface area is 171 Å². The Hall–Kier alpha value is -0.170. The Morgan fingerprint density at radius 1 is 1.00 bits per heavy atom. The van der Waals surface area contributed by atoms with Crippen LogP contribution in [0.15, 0.2) is 41.4 Å². The predicted molar refractivity (Wildman–Crippen MR) is 118 cm³/mol. The maximum Gasteiger partial charge on any atom is 0.0967 e. The molecule has 0 radical (unpaired) electrons. The maximum atomic E-state index is 4.72. The zero-order valence-corrected chi connectivity index (χ0v) is 17.6. The summed E-state index contributed by atoms with van der Waals surface area (Å²) in [6.45, 7) is 2.60. The second-order valence-electron chi connectivity index (χ2n) is 5.76. The van der Waals surface area contributed by atoms with Crippen molar-refractivity contribution in [3.05, 3.63) is 36.4 Å². The van der Waals surface area contributed by atoms with E-state index >= 15 is 0 Å². The molecule has 0 spiro atoms. The van der Waals surface area contributed by atoms with Crippen molar-refractivity contribution in [2.24, 2.45) is 0 Å². The summed E-state index contributed by atoms with van der Waals surface area (Å²) in [5.41, 5.74) is 1.11. The average Bonchev–Trinajstić information content (AvgIpc) is 3.07. The fourth-order valence-electron chi connectivity index (χ4n) is 2.72. The molecule has 7 heteroatoms. The van der Waals surface area contributed by atoms with Crippen LogP contribution in [0.25, 0.3) is 10.9 Å². The summed E-state index contributed by atoms with van der Waals surface area (Å²) in [7, 11) is 0. The van der Waals surface area contributed by atoms with E-state index in [1.807, 2.05) is 11.8 Å². The first-order valence-electron chi connectivity index (χ1n) is 8.20. The van der Waals surface area contributed by atoms with Crippen LogP contribution in [0.2, 0.25) is 0 Å². The van der Waals surface area contributed by atoms with Gasteiger partial charge in [-0.25, -0.2) is 4.98 Å². The number of benzene rings is 1.